The Morgan fingerprint density at radius 2 is 2.16 bits per heavy atom. The van der Waals surface area contributed by atoms with Crippen LogP contribution in [0.1, 0.15) is 13.8 Å². The van der Waals surface area contributed by atoms with Gasteiger partial charge in [-0.25, -0.2) is 4.79 Å². The maximum absolute atomic E-state index is 11.1. The summed E-state index contributed by atoms with van der Waals surface area (Å²) < 4.78 is 4.99. The predicted octanol–water partition coefficient (Wildman–Crippen LogP) is 1.79. The quantitative estimate of drug-likeness (QED) is 0.862. The third-order valence-corrected chi connectivity index (χ3v) is 3.60. The molecular weight excluding hydrogens is 242 g/mol. The molecule has 0 aliphatic carbocycles. The molecule has 1 unspecified atom stereocenters. The van der Waals surface area contributed by atoms with Crippen LogP contribution in [0.15, 0.2) is 27.4 Å². The van der Waals surface area contributed by atoms with E-state index in [2.05, 4.69) is 23.7 Å². The molecule has 19 heavy (non-hydrogen) atoms. The van der Waals surface area contributed by atoms with E-state index in [1.807, 2.05) is 25.2 Å². The van der Waals surface area contributed by atoms with Crippen LogP contribution >= 0.6 is 0 Å². The molecule has 5 heteroatoms. The lowest BCUT2D eigenvalue weighted by atomic mass is 9.95. The third kappa shape index (κ3) is 2.98. The fourth-order valence-electron chi connectivity index (χ4n) is 2.19. The van der Waals surface area contributed by atoms with E-state index >= 15 is 0 Å². The van der Waals surface area contributed by atoms with Gasteiger partial charge < -0.3 is 15.1 Å². The Balaban J connectivity index is 2.20. The molecule has 5 nitrogen and oxygen atoms in total. The third-order valence-electron chi connectivity index (χ3n) is 3.60. The summed E-state index contributed by atoms with van der Waals surface area (Å²) in [6, 6.07) is 5.69. The molecule has 0 bridgehead atoms. The first-order valence-corrected chi connectivity index (χ1v) is 6.55. The summed E-state index contributed by atoms with van der Waals surface area (Å²) in [4.78, 5) is 16.0. The van der Waals surface area contributed by atoms with Crippen molar-refractivity contribution in [1.29, 1.82) is 0 Å². The highest BCUT2D eigenvalue weighted by Crippen LogP contribution is 2.21. The van der Waals surface area contributed by atoms with E-state index in [9.17, 15) is 4.79 Å². The molecule has 104 valence electrons. The molecule has 0 amide bonds. The number of aromatic amines is 1. The van der Waals surface area contributed by atoms with Crippen LogP contribution in [0.5, 0.6) is 0 Å². The zero-order valence-corrected chi connectivity index (χ0v) is 11.6. The molecule has 0 aliphatic heterocycles. The van der Waals surface area contributed by atoms with E-state index in [-0.39, 0.29) is 0 Å². The molecule has 0 spiro atoms. The zero-order valence-electron chi connectivity index (χ0n) is 11.6. The van der Waals surface area contributed by atoms with Gasteiger partial charge in [0.25, 0.3) is 0 Å². The van der Waals surface area contributed by atoms with Crippen LogP contribution in [0.25, 0.3) is 11.1 Å². The van der Waals surface area contributed by atoms with Crippen LogP contribution in [0.4, 0.5) is 5.69 Å². The lowest BCUT2D eigenvalue weighted by Gasteiger charge is -2.27. The first kappa shape index (κ1) is 13.7. The average molecular weight is 263 g/mol. The number of H-pyrrole nitrogens is 1. The van der Waals surface area contributed by atoms with E-state index in [0.29, 0.717) is 24.0 Å². The van der Waals surface area contributed by atoms with E-state index < -0.39 is 5.76 Å². The van der Waals surface area contributed by atoms with Gasteiger partial charge in [0.05, 0.1) is 5.52 Å². The van der Waals surface area contributed by atoms with Crippen molar-refractivity contribution in [2.75, 3.05) is 25.0 Å². The first-order valence-electron chi connectivity index (χ1n) is 6.55. The second kappa shape index (κ2) is 5.48. The maximum Gasteiger partial charge on any atom is 0.417 e. The summed E-state index contributed by atoms with van der Waals surface area (Å²) in [5, 5.41) is 0. The Labute approximate surface area is 112 Å². The highest BCUT2D eigenvalue weighted by atomic mass is 16.4. The van der Waals surface area contributed by atoms with Gasteiger partial charge in [0, 0.05) is 19.3 Å². The topological polar surface area (TPSA) is 75.3 Å². The molecule has 3 N–H and O–H groups in total. The first-order chi connectivity index (χ1) is 9.01. The van der Waals surface area contributed by atoms with Crippen molar-refractivity contribution >= 4 is 16.8 Å². The van der Waals surface area contributed by atoms with Crippen molar-refractivity contribution in [3.05, 3.63) is 28.7 Å². The lowest BCUT2D eigenvalue weighted by molar-refractivity contribution is 0.398. The van der Waals surface area contributed by atoms with Crippen LogP contribution in [-0.2, 0) is 0 Å². The van der Waals surface area contributed by atoms with Gasteiger partial charge in [-0.15, -0.1) is 0 Å². The molecule has 1 aromatic heterocycles. The average Bonchev–Trinajstić information content (AvgIpc) is 2.74. The molecule has 2 rings (SSSR count). The van der Waals surface area contributed by atoms with Gasteiger partial charge in [-0.2, -0.15) is 0 Å². The Bertz CT molecular complexity index is 600. The summed E-state index contributed by atoms with van der Waals surface area (Å²) in [5.41, 5.74) is 8.16. The summed E-state index contributed by atoms with van der Waals surface area (Å²) in [6.07, 6.45) is 0. The fourth-order valence-corrected chi connectivity index (χ4v) is 2.19. The SMILES string of the molecule is CC(C)C(CN)CN(C)c1ccc2oc(=O)[nH]c2c1. The van der Waals surface area contributed by atoms with E-state index in [1.54, 1.807) is 0 Å². The number of benzene rings is 1. The number of rotatable bonds is 5. The molecule has 2 aromatic rings. The van der Waals surface area contributed by atoms with Crippen molar-refractivity contribution in [3.8, 4) is 0 Å². The molecule has 1 heterocycles. The fraction of sp³-hybridized carbons (Fsp3) is 0.500. The molecule has 0 saturated carbocycles. The van der Waals surface area contributed by atoms with Gasteiger partial charge in [0.2, 0.25) is 0 Å². The molecule has 0 fully saturated rings. The number of oxazole rings is 1. The summed E-state index contributed by atoms with van der Waals surface area (Å²) in [6.45, 7) is 5.93. The minimum atomic E-state index is -0.420. The molecule has 0 radical (unpaired) electrons. The van der Waals surface area contributed by atoms with Crippen LogP contribution in [0, 0.1) is 11.8 Å². The van der Waals surface area contributed by atoms with E-state index in [1.165, 1.54) is 0 Å². The number of fused-ring (bicyclic) bond motifs is 1. The number of nitrogens with two attached hydrogens (primary N) is 1. The van der Waals surface area contributed by atoms with Gasteiger partial charge in [-0.3, -0.25) is 4.98 Å². The monoisotopic (exact) mass is 263 g/mol. The van der Waals surface area contributed by atoms with Crippen molar-refractivity contribution in [2.24, 2.45) is 17.6 Å². The van der Waals surface area contributed by atoms with Crippen molar-refractivity contribution in [2.45, 2.75) is 13.8 Å². The molecule has 1 atom stereocenters. The standard InChI is InChI=1S/C14H21N3O2/c1-9(2)10(7-15)8-17(3)11-4-5-13-12(6-11)16-14(18)19-13/h4-6,9-10H,7-8,15H2,1-3H3,(H,16,18). The molecule has 1 aromatic carbocycles. The van der Waals surface area contributed by atoms with Crippen molar-refractivity contribution < 1.29 is 4.42 Å². The normalized spacial score (nSPS) is 13.1. The van der Waals surface area contributed by atoms with Gasteiger partial charge in [0.1, 0.15) is 0 Å². The lowest BCUT2D eigenvalue weighted by Crippen LogP contribution is -2.33. The molecule has 0 aliphatic rings. The second-order valence-corrected chi connectivity index (χ2v) is 5.32. The van der Waals surface area contributed by atoms with Crippen molar-refractivity contribution in [3.63, 3.8) is 0 Å². The molecular formula is C14H21N3O2. The Hall–Kier alpha value is -1.75. The second-order valence-electron chi connectivity index (χ2n) is 5.32. The number of hydrogen-bond acceptors (Lipinski definition) is 4. The highest BCUT2D eigenvalue weighted by molar-refractivity contribution is 5.77. The van der Waals surface area contributed by atoms with Crippen LogP contribution in [0.2, 0.25) is 0 Å². The Morgan fingerprint density at radius 1 is 1.42 bits per heavy atom. The zero-order chi connectivity index (χ0) is 14.0. The summed E-state index contributed by atoms with van der Waals surface area (Å²) in [5.74, 6) is 0.575. The Morgan fingerprint density at radius 3 is 2.79 bits per heavy atom. The van der Waals surface area contributed by atoms with E-state index in [4.69, 9.17) is 10.2 Å². The van der Waals surface area contributed by atoms with Crippen LogP contribution < -0.4 is 16.4 Å². The smallest absolute Gasteiger partial charge is 0.408 e. The maximum atomic E-state index is 11.1. The highest BCUT2D eigenvalue weighted by Gasteiger charge is 2.15. The minimum absolute atomic E-state index is 0.420. The number of hydrogen-bond donors (Lipinski definition) is 2. The minimum Gasteiger partial charge on any atom is -0.408 e. The van der Waals surface area contributed by atoms with Gasteiger partial charge in [0.15, 0.2) is 5.58 Å². The summed E-state index contributed by atoms with van der Waals surface area (Å²) in [7, 11) is 2.03. The molecule has 0 saturated heterocycles. The Kier molecular flexibility index (Phi) is 3.95. The van der Waals surface area contributed by atoms with Crippen LogP contribution in [0.3, 0.4) is 0 Å². The number of aromatic nitrogens is 1. The number of anilines is 1. The number of nitrogens with one attached hydrogen (secondary N) is 1. The van der Waals surface area contributed by atoms with Gasteiger partial charge in [-0.1, -0.05) is 13.8 Å². The summed E-state index contributed by atoms with van der Waals surface area (Å²) >= 11 is 0. The number of nitrogens with zero attached hydrogens (tertiary/aromatic N) is 1. The van der Waals surface area contributed by atoms with E-state index in [0.717, 1.165) is 17.7 Å². The van der Waals surface area contributed by atoms with Crippen molar-refractivity contribution in [1.82, 2.24) is 4.98 Å². The van der Waals surface area contributed by atoms with Gasteiger partial charge in [-0.05, 0) is 36.6 Å². The predicted molar refractivity (Wildman–Crippen MR) is 77.5 cm³/mol. The largest absolute Gasteiger partial charge is 0.417 e. The van der Waals surface area contributed by atoms with Crippen LogP contribution in [-0.4, -0.2) is 25.1 Å². The van der Waals surface area contributed by atoms with Gasteiger partial charge >= 0.3 is 5.76 Å².